The van der Waals surface area contributed by atoms with E-state index in [4.69, 9.17) is 16.3 Å². The molecule has 202 valence electrons. The van der Waals surface area contributed by atoms with Crippen molar-refractivity contribution < 1.29 is 24.5 Å². The van der Waals surface area contributed by atoms with E-state index in [1.807, 2.05) is 25.1 Å². The van der Waals surface area contributed by atoms with Gasteiger partial charge in [0.15, 0.2) is 5.79 Å². The summed E-state index contributed by atoms with van der Waals surface area (Å²) in [6, 6.07) is 15.0. The van der Waals surface area contributed by atoms with Gasteiger partial charge < -0.3 is 14.9 Å². The minimum absolute atomic E-state index is 0.0569. The normalized spacial score (nSPS) is 34.0. The maximum atomic E-state index is 13.9. The predicted molar refractivity (Wildman–Crippen MR) is 142 cm³/mol. The fraction of sp³-hybridized carbons (Fsp3) is 0.533. The number of hydrogen-bond acceptors (Lipinski definition) is 6. The van der Waals surface area contributed by atoms with Gasteiger partial charge in [-0.05, 0) is 55.4 Å². The van der Waals surface area contributed by atoms with Crippen molar-refractivity contribution >= 4 is 23.4 Å². The average Bonchev–Trinajstić information content (AvgIpc) is 3.38. The lowest BCUT2D eigenvalue weighted by atomic mass is 9.64. The number of aromatic hydroxyl groups is 1. The summed E-state index contributed by atoms with van der Waals surface area (Å²) in [5.41, 5.74) is 1.94. The highest BCUT2D eigenvalue weighted by Gasteiger charge is 2.67. The van der Waals surface area contributed by atoms with Crippen molar-refractivity contribution in [1.29, 1.82) is 0 Å². The molecule has 1 aliphatic carbocycles. The molecule has 38 heavy (non-hydrogen) atoms. The number of carbonyl (C=O) groups is 2. The lowest BCUT2D eigenvalue weighted by Gasteiger charge is -2.44. The number of nitrogens with zero attached hydrogens (tertiary/aromatic N) is 2. The van der Waals surface area contributed by atoms with Crippen molar-refractivity contribution in [3.05, 3.63) is 64.7 Å². The Bertz CT molecular complexity index is 1220. The van der Waals surface area contributed by atoms with Gasteiger partial charge in [-0.25, -0.2) is 0 Å². The van der Waals surface area contributed by atoms with Crippen molar-refractivity contribution in [3.8, 4) is 5.75 Å². The molecular weight excluding hydrogens is 504 g/mol. The number of carbonyl (C=O) groups excluding carboxylic acids is 2. The molecule has 4 aliphatic rings. The van der Waals surface area contributed by atoms with Crippen molar-refractivity contribution in [2.45, 2.75) is 63.5 Å². The molecule has 3 aliphatic heterocycles. The second-order valence-corrected chi connectivity index (χ2v) is 11.8. The van der Waals surface area contributed by atoms with E-state index in [-0.39, 0.29) is 29.5 Å². The number of amides is 2. The molecule has 2 N–H and O–H groups in total. The summed E-state index contributed by atoms with van der Waals surface area (Å²) in [5, 5.41) is 22.0. The van der Waals surface area contributed by atoms with Crippen LogP contribution < -0.4 is 0 Å². The third kappa shape index (κ3) is 4.24. The maximum absolute atomic E-state index is 13.9. The number of halogens is 1. The Hall–Kier alpha value is -2.45. The largest absolute Gasteiger partial charge is 0.508 e. The number of ether oxygens (including phenoxy) is 1. The van der Waals surface area contributed by atoms with Gasteiger partial charge in [-0.1, -0.05) is 54.9 Å². The molecule has 3 heterocycles. The van der Waals surface area contributed by atoms with Crippen LogP contribution in [0.15, 0.2) is 48.5 Å². The van der Waals surface area contributed by atoms with Gasteiger partial charge in [0.25, 0.3) is 0 Å². The highest BCUT2D eigenvalue weighted by Crippen LogP contribution is 2.59. The molecule has 0 radical (unpaired) electrons. The van der Waals surface area contributed by atoms with Gasteiger partial charge in [0.05, 0.1) is 23.0 Å². The summed E-state index contributed by atoms with van der Waals surface area (Å²) in [7, 11) is 0. The van der Waals surface area contributed by atoms with Crippen molar-refractivity contribution in [3.63, 3.8) is 0 Å². The Kier molecular flexibility index (Phi) is 6.75. The van der Waals surface area contributed by atoms with Crippen LogP contribution in [-0.2, 0) is 20.9 Å². The molecule has 2 aromatic rings. The second-order valence-electron chi connectivity index (χ2n) is 11.4. The molecule has 6 atom stereocenters. The van der Waals surface area contributed by atoms with Crippen LogP contribution in [0.3, 0.4) is 0 Å². The highest BCUT2D eigenvalue weighted by atomic mass is 35.5. The first-order chi connectivity index (χ1) is 18.3. The van der Waals surface area contributed by atoms with Crippen molar-refractivity contribution in [2.24, 2.45) is 23.7 Å². The molecule has 8 heteroatoms. The quantitative estimate of drug-likeness (QED) is 0.544. The summed E-state index contributed by atoms with van der Waals surface area (Å²) < 4.78 is 6.31. The number of imide groups is 1. The van der Waals surface area contributed by atoms with E-state index >= 15 is 0 Å². The summed E-state index contributed by atoms with van der Waals surface area (Å²) in [6.07, 6.45) is 2.50. The first-order valence-electron chi connectivity index (χ1n) is 13.8. The molecule has 6 rings (SSSR count). The number of phenolic OH excluding ortho intramolecular Hbond substituents is 1. The van der Waals surface area contributed by atoms with Crippen LogP contribution in [0.2, 0.25) is 5.02 Å². The van der Waals surface area contributed by atoms with Crippen LogP contribution in [0.25, 0.3) is 0 Å². The summed E-state index contributed by atoms with van der Waals surface area (Å²) >= 11 is 6.42. The van der Waals surface area contributed by atoms with E-state index in [9.17, 15) is 19.8 Å². The molecular formula is C30H35ClN2O5. The fourth-order valence-electron chi connectivity index (χ4n) is 7.48. The number of rotatable bonds is 5. The molecule has 0 unspecified atom stereocenters. The van der Waals surface area contributed by atoms with E-state index in [2.05, 4.69) is 17.0 Å². The van der Waals surface area contributed by atoms with Crippen LogP contribution in [0, 0.1) is 23.7 Å². The van der Waals surface area contributed by atoms with Crippen molar-refractivity contribution in [2.75, 3.05) is 13.1 Å². The Balaban J connectivity index is 1.21. The molecule has 2 aromatic carbocycles. The van der Waals surface area contributed by atoms with Gasteiger partial charge in [0.2, 0.25) is 11.8 Å². The summed E-state index contributed by atoms with van der Waals surface area (Å²) in [6.45, 7) is 4.53. The zero-order valence-corrected chi connectivity index (χ0v) is 22.4. The second kappa shape index (κ2) is 9.94. The first kappa shape index (κ1) is 25.8. The standard InChI is InChI=1S/C30H35ClN2O5/c1-2-19-14-23-27(24-16-26(38-30(19,24)37)22-9-8-21(34)15-25(22)31)29(36)33(28(23)35)20-10-12-32(13-11-20)17-18-6-4-3-5-7-18/h3-9,15,19-20,23-24,26-27,34,37H,2,10-14,16-17H2,1H3/t19-,23-,24-,26-,27-,30+/m0/s1. The van der Waals surface area contributed by atoms with Gasteiger partial charge in [-0.2, -0.15) is 0 Å². The smallest absolute Gasteiger partial charge is 0.233 e. The third-order valence-corrected chi connectivity index (χ3v) is 9.72. The zero-order valence-electron chi connectivity index (χ0n) is 21.6. The van der Waals surface area contributed by atoms with E-state index in [0.29, 0.717) is 29.8 Å². The van der Waals surface area contributed by atoms with Crippen LogP contribution >= 0.6 is 11.6 Å². The number of phenols is 1. The number of aliphatic hydroxyl groups is 1. The summed E-state index contributed by atoms with van der Waals surface area (Å²) in [5.74, 6) is -3.40. The molecule has 0 spiro atoms. The fourth-order valence-corrected chi connectivity index (χ4v) is 7.78. The van der Waals surface area contributed by atoms with Gasteiger partial charge >= 0.3 is 0 Å². The van der Waals surface area contributed by atoms with Crippen molar-refractivity contribution in [1.82, 2.24) is 9.80 Å². The monoisotopic (exact) mass is 538 g/mol. The Labute approximate surface area is 228 Å². The van der Waals surface area contributed by atoms with E-state index in [1.54, 1.807) is 17.0 Å². The number of fused-ring (bicyclic) bond motifs is 3. The number of piperidine rings is 1. The lowest BCUT2D eigenvalue weighted by molar-refractivity contribution is -0.269. The van der Waals surface area contributed by atoms with Crippen LogP contribution in [0.5, 0.6) is 5.75 Å². The molecule has 0 aromatic heterocycles. The minimum Gasteiger partial charge on any atom is -0.508 e. The van der Waals surface area contributed by atoms with Gasteiger partial charge in [-0.3, -0.25) is 19.4 Å². The topological polar surface area (TPSA) is 90.3 Å². The Morgan fingerprint density at radius 2 is 1.79 bits per heavy atom. The molecule has 3 saturated heterocycles. The molecule has 7 nitrogen and oxygen atoms in total. The Morgan fingerprint density at radius 1 is 1.05 bits per heavy atom. The number of benzene rings is 2. The SMILES string of the molecule is CC[C@H]1C[C@@H]2C(=O)N(C3CCN(Cc4ccccc4)CC3)C(=O)[C@@H]2[C@@H]2C[C@@H](c3ccc(O)cc3Cl)O[C@]12O. The van der Waals surface area contributed by atoms with Gasteiger partial charge in [-0.15, -0.1) is 0 Å². The molecule has 2 amide bonds. The van der Waals surface area contributed by atoms with Gasteiger partial charge in [0.1, 0.15) is 5.75 Å². The Morgan fingerprint density at radius 3 is 2.47 bits per heavy atom. The summed E-state index contributed by atoms with van der Waals surface area (Å²) in [4.78, 5) is 31.6. The lowest BCUT2D eigenvalue weighted by Crippen LogP contribution is -2.53. The maximum Gasteiger partial charge on any atom is 0.233 e. The third-order valence-electron chi connectivity index (χ3n) is 9.39. The molecule has 1 saturated carbocycles. The van der Waals surface area contributed by atoms with Crippen LogP contribution in [0.1, 0.15) is 56.3 Å². The van der Waals surface area contributed by atoms with E-state index < -0.39 is 29.6 Å². The predicted octanol–water partition coefficient (Wildman–Crippen LogP) is 4.51. The molecule has 0 bridgehead atoms. The average molecular weight is 539 g/mol. The first-order valence-corrected chi connectivity index (χ1v) is 14.2. The van der Waals surface area contributed by atoms with Crippen LogP contribution in [-0.4, -0.2) is 56.7 Å². The van der Waals surface area contributed by atoms with Crippen LogP contribution in [0.4, 0.5) is 0 Å². The van der Waals surface area contributed by atoms with Gasteiger partial charge in [0, 0.05) is 37.5 Å². The highest BCUT2D eigenvalue weighted by molar-refractivity contribution is 6.31. The number of hydrogen-bond donors (Lipinski definition) is 2. The molecule has 4 fully saturated rings. The number of likely N-dealkylation sites (tertiary alicyclic amines) is 2. The minimum atomic E-state index is -1.49. The van der Waals surface area contributed by atoms with E-state index in [1.165, 1.54) is 11.6 Å². The zero-order chi connectivity index (χ0) is 26.6. The van der Waals surface area contributed by atoms with E-state index in [0.717, 1.165) is 32.5 Å².